The number of methoxy groups -OCH3 is 2. The van der Waals surface area contributed by atoms with Crippen LogP contribution in [0.15, 0.2) is 0 Å². The lowest BCUT2D eigenvalue weighted by Crippen LogP contribution is -2.33. The summed E-state index contributed by atoms with van der Waals surface area (Å²) in [6, 6.07) is 0. The highest BCUT2D eigenvalue weighted by molar-refractivity contribution is 6.02. The van der Waals surface area contributed by atoms with E-state index in [9.17, 15) is 28.8 Å². The third-order valence-electron chi connectivity index (χ3n) is 3.64. The zero-order valence-electron chi connectivity index (χ0n) is 16.3. The standard InChI is InChI=1S/C10H15NO5.C7H9NO5/c1-15-7-3-2-4-10(14)16-11-8(12)5-6-9(11)13;1-12-4-7(11)13-8-5(9)2-3-6(8)10/h2-7H2,1H3;2-4H2,1H3. The van der Waals surface area contributed by atoms with Crippen molar-refractivity contribution in [2.24, 2.45) is 0 Å². The number of hydrogen-bond donors (Lipinski definition) is 0. The van der Waals surface area contributed by atoms with Crippen molar-refractivity contribution < 1.29 is 47.9 Å². The van der Waals surface area contributed by atoms with E-state index in [1.165, 1.54) is 7.11 Å². The van der Waals surface area contributed by atoms with Crippen molar-refractivity contribution >= 4 is 35.6 Å². The molecule has 0 atom stereocenters. The fraction of sp³-hybridized carbons (Fsp3) is 0.647. The third kappa shape index (κ3) is 8.35. The molecule has 0 aromatic carbocycles. The number of hydrogen-bond acceptors (Lipinski definition) is 10. The molecule has 0 spiro atoms. The maximum Gasteiger partial charge on any atom is 0.358 e. The van der Waals surface area contributed by atoms with Crippen LogP contribution in [0.1, 0.15) is 44.9 Å². The summed E-state index contributed by atoms with van der Waals surface area (Å²) in [7, 11) is 2.90. The van der Waals surface area contributed by atoms with Gasteiger partial charge in [0.25, 0.3) is 23.6 Å². The maximum atomic E-state index is 11.2. The van der Waals surface area contributed by atoms with Crippen LogP contribution in [0, 0.1) is 0 Å². The molecule has 0 aromatic heterocycles. The molecule has 162 valence electrons. The molecule has 2 heterocycles. The Morgan fingerprint density at radius 2 is 1.17 bits per heavy atom. The Hall–Kier alpha value is -2.86. The van der Waals surface area contributed by atoms with Crippen molar-refractivity contribution in [1.82, 2.24) is 10.1 Å². The van der Waals surface area contributed by atoms with Gasteiger partial charge in [-0.05, 0) is 12.8 Å². The summed E-state index contributed by atoms with van der Waals surface area (Å²) in [4.78, 5) is 75.2. The number of carbonyl (C=O) groups is 6. The number of hydroxylamine groups is 4. The minimum atomic E-state index is -0.758. The number of carbonyl (C=O) groups excluding carboxylic acids is 6. The highest BCUT2D eigenvalue weighted by atomic mass is 16.7. The minimum Gasteiger partial charge on any atom is -0.385 e. The van der Waals surface area contributed by atoms with Gasteiger partial charge in [0.05, 0.1) is 0 Å². The van der Waals surface area contributed by atoms with E-state index in [1.807, 2.05) is 0 Å². The van der Waals surface area contributed by atoms with Crippen LogP contribution in [0.5, 0.6) is 0 Å². The average molecular weight is 416 g/mol. The predicted molar refractivity (Wildman–Crippen MR) is 92.0 cm³/mol. The van der Waals surface area contributed by atoms with Crippen molar-refractivity contribution in [3.63, 3.8) is 0 Å². The molecule has 0 aliphatic carbocycles. The second kappa shape index (κ2) is 12.6. The molecule has 0 radical (unpaired) electrons. The molecule has 0 N–H and O–H groups in total. The Balaban J connectivity index is 0.000000296. The summed E-state index contributed by atoms with van der Waals surface area (Å²) in [5.74, 6) is -3.19. The first-order valence-electron chi connectivity index (χ1n) is 8.91. The first kappa shape index (κ1) is 24.2. The molecule has 4 amide bonds. The topological polar surface area (TPSA) is 146 Å². The van der Waals surface area contributed by atoms with Gasteiger partial charge in [-0.3, -0.25) is 19.2 Å². The van der Waals surface area contributed by atoms with E-state index >= 15 is 0 Å². The molecule has 2 fully saturated rings. The molecule has 2 rings (SSSR count). The smallest absolute Gasteiger partial charge is 0.358 e. The van der Waals surface area contributed by atoms with E-state index in [-0.39, 0.29) is 38.7 Å². The summed E-state index contributed by atoms with van der Waals surface area (Å²) in [5, 5.41) is 1.06. The van der Waals surface area contributed by atoms with Gasteiger partial charge in [-0.1, -0.05) is 0 Å². The molecule has 2 aliphatic rings. The summed E-state index contributed by atoms with van der Waals surface area (Å²) in [6.07, 6.45) is 1.97. The molecule has 12 nitrogen and oxygen atoms in total. The zero-order chi connectivity index (χ0) is 21.8. The van der Waals surface area contributed by atoms with Gasteiger partial charge in [0, 0.05) is 52.9 Å². The number of nitrogens with zero attached hydrogens (tertiary/aromatic N) is 2. The van der Waals surface area contributed by atoms with Crippen LogP contribution in [-0.2, 0) is 47.9 Å². The molecular weight excluding hydrogens is 392 g/mol. The molecule has 29 heavy (non-hydrogen) atoms. The third-order valence-corrected chi connectivity index (χ3v) is 3.64. The minimum absolute atomic E-state index is 0.0963. The molecule has 2 aliphatic heterocycles. The van der Waals surface area contributed by atoms with Crippen molar-refractivity contribution in [3.05, 3.63) is 0 Å². The van der Waals surface area contributed by atoms with Crippen LogP contribution in [0.3, 0.4) is 0 Å². The predicted octanol–water partition coefficient (Wildman–Crippen LogP) is -0.350. The highest BCUT2D eigenvalue weighted by Gasteiger charge is 2.33. The van der Waals surface area contributed by atoms with Crippen molar-refractivity contribution in [3.8, 4) is 0 Å². The maximum absolute atomic E-state index is 11.2. The van der Waals surface area contributed by atoms with Crippen molar-refractivity contribution in [1.29, 1.82) is 0 Å². The lowest BCUT2D eigenvalue weighted by atomic mass is 10.2. The lowest BCUT2D eigenvalue weighted by Gasteiger charge is -2.12. The quantitative estimate of drug-likeness (QED) is 0.361. The lowest BCUT2D eigenvalue weighted by molar-refractivity contribution is -0.199. The van der Waals surface area contributed by atoms with Crippen LogP contribution in [0.4, 0.5) is 0 Å². The number of rotatable bonds is 9. The molecule has 0 saturated carbocycles. The number of amides is 4. The van der Waals surface area contributed by atoms with Gasteiger partial charge in [-0.2, -0.15) is 0 Å². The number of unbranched alkanes of at least 4 members (excludes halogenated alkanes) is 1. The Kier molecular flexibility index (Phi) is 10.5. The second-order valence-electron chi connectivity index (χ2n) is 5.97. The molecule has 0 unspecified atom stereocenters. The summed E-state index contributed by atoms with van der Waals surface area (Å²) in [6.45, 7) is 0.298. The van der Waals surface area contributed by atoms with E-state index < -0.39 is 35.6 Å². The molecule has 0 bridgehead atoms. The Morgan fingerprint density at radius 1 is 0.724 bits per heavy atom. The SMILES string of the molecule is COCC(=O)ON1C(=O)CCC1=O.COCCCCC(=O)ON1C(=O)CCC1=O. The first-order valence-corrected chi connectivity index (χ1v) is 8.91. The number of imide groups is 2. The highest BCUT2D eigenvalue weighted by Crippen LogP contribution is 2.13. The van der Waals surface area contributed by atoms with Crippen LogP contribution < -0.4 is 0 Å². The Labute approximate surface area is 166 Å². The van der Waals surface area contributed by atoms with Gasteiger partial charge in [-0.25, -0.2) is 9.59 Å². The van der Waals surface area contributed by atoms with E-state index in [0.29, 0.717) is 23.2 Å². The summed E-state index contributed by atoms with van der Waals surface area (Å²) in [5.41, 5.74) is 0. The summed E-state index contributed by atoms with van der Waals surface area (Å²) < 4.78 is 9.28. The fourth-order valence-electron chi connectivity index (χ4n) is 2.22. The van der Waals surface area contributed by atoms with E-state index in [0.717, 1.165) is 6.42 Å². The van der Waals surface area contributed by atoms with E-state index in [2.05, 4.69) is 14.4 Å². The van der Waals surface area contributed by atoms with Gasteiger partial charge in [-0.15, -0.1) is 10.1 Å². The number of ether oxygens (including phenoxy) is 2. The molecule has 0 aromatic rings. The Bertz CT molecular complexity index is 616. The second-order valence-corrected chi connectivity index (χ2v) is 5.97. The Morgan fingerprint density at radius 3 is 1.59 bits per heavy atom. The van der Waals surface area contributed by atoms with Crippen LogP contribution >= 0.6 is 0 Å². The van der Waals surface area contributed by atoms with Gasteiger partial charge < -0.3 is 19.1 Å². The average Bonchev–Trinajstić information content (AvgIpc) is 3.16. The van der Waals surface area contributed by atoms with Crippen molar-refractivity contribution in [2.45, 2.75) is 44.9 Å². The zero-order valence-corrected chi connectivity index (χ0v) is 16.3. The van der Waals surface area contributed by atoms with E-state index in [1.54, 1.807) is 7.11 Å². The molecule has 2 saturated heterocycles. The van der Waals surface area contributed by atoms with Crippen LogP contribution in [0.2, 0.25) is 0 Å². The summed E-state index contributed by atoms with van der Waals surface area (Å²) >= 11 is 0. The largest absolute Gasteiger partial charge is 0.385 e. The van der Waals surface area contributed by atoms with Gasteiger partial charge >= 0.3 is 11.9 Å². The van der Waals surface area contributed by atoms with Crippen LogP contribution in [0.25, 0.3) is 0 Å². The fourth-order valence-corrected chi connectivity index (χ4v) is 2.22. The molecule has 12 heteroatoms. The van der Waals surface area contributed by atoms with Gasteiger partial charge in [0.1, 0.15) is 6.61 Å². The van der Waals surface area contributed by atoms with Crippen LogP contribution in [-0.4, -0.2) is 73.1 Å². The first-order chi connectivity index (χ1) is 13.8. The normalized spacial score (nSPS) is 16.1. The monoisotopic (exact) mass is 416 g/mol. The molecular formula is C17H24N2O10. The van der Waals surface area contributed by atoms with Gasteiger partial charge in [0.2, 0.25) is 0 Å². The van der Waals surface area contributed by atoms with Crippen molar-refractivity contribution in [2.75, 3.05) is 27.4 Å². The van der Waals surface area contributed by atoms with Gasteiger partial charge in [0.15, 0.2) is 0 Å². The van der Waals surface area contributed by atoms with E-state index in [4.69, 9.17) is 4.74 Å².